The first kappa shape index (κ1) is 19.2. The number of anilines is 2. The lowest BCUT2D eigenvalue weighted by atomic mass is 9.79. The van der Waals surface area contributed by atoms with Gasteiger partial charge in [-0.2, -0.15) is 0 Å². The van der Waals surface area contributed by atoms with Crippen LogP contribution in [-0.4, -0.2) is 32.9 Å². The highest BCUT2D eigenvalue weighted by Gasteiger charge is 2.48. The fourth-order valence-corrected chi connectivity index (χ4v) is 4.45. The number of carbonyl (C=O) groups is 2. The van der Waals surface area contributed by atoms with Crippen LogP contribution in [0.15, 0.2) is 24.4 Å². The summed E-state index contributed by atoms with van der Waals surface area (Å²) in [5, 5.41) is 13.8. The Balaban J connectivity index is 1.87. The Morgan fingerprint density at radius 3 is 2.62 bits per heavy atom. The molecule has 8 heteroatoms. The lowest BCUT2D eigenvalue weighted by molar-refractivity contribution is -0.117. The van der Waals surface area contributed by atoms with Gasteiger partial charge in [-0.05, 0) is 43.4 Å². The third-order valence-electron chi connectivity index (χ3n) is 5.89. The average Bonchev–Trinajstić information content (AvgIpc) is 3.47. The summed E-state index contributed by atoms with van der Waals surface area (Å²) < 4.78 is 0. The molecule has 1 aliphatic heterocycles. The zero-order valence-electron chi connectivity index (χ0n) is 16.7. The van der Waals surface area contributed by atoms with Crippen molar-refractivity contribution in [1.82, 2.24) is 9.97 Å². The molecule has 2 unspecified atom stereocenters. The van der Waals surface area contributed by atoms with E-state index >= 15 is 0 Å². The van der Waals surface area contributed by atoms with Crippen LogP contribution in [0.25, 0.3) is 0 Å². The van der Waals surface area contributed by atoms with Crippen LogP contribution in [0.3, 0.4) is 0 Å². The number of nitrogens with zero attached hydrogens (tertiary/aromatic N) is 3. The van der Waals surface area contributed by atoms with Crippen molar-refractivity contribution in [3.05, 3.63) is 41.2 Å². The molecule has 1 saturated carbocycles. The number of aromatic nitrogens is 2. The number of aryl methyl sites for hydroxylation is 1. The zero-order valence-corrected chi connectivity index (χ0v) is 16.7. The number of rotatable bonds is 4. The van der Waals surface area contributed by atoms with E-state index in [1.165, 1.54) is 13.0 Å². The number of amides is 2. The van der Waals surface area contributed by atoms with Crippen LogP contribution < -0.4 is 16.0 Å². The Labute approximate surface area is 169 Å². The lowest BCUT2D eigenvalue weighted by Gasteiger charge is -2.45. The molecule has 1 fully saturated rings. The molecule has 2 heterocycles. The molecule has 3 atom stereocenters. The second-order valence-corrected chi connectivity index (χ2v) is 8.01. The number of hydrogen-bond acceptors (Lipinski definition) is 6. The fraction of sp³-hybridized carbons (Fsp3) is 0.429. The van der Waals surface area contributed by atoms with Gasteiger partial charge in [0.2, 0.25) is 11.9 Å². The number of carbonyl (C=O) groups excluding carboxylic acids is 2. The van der Waals surface area contributed by atoms with Gasteiger partial charge in [0.15, 0.2) is 0 Å². The molecule has 1 aliphatic carbocycles. The lowest BCUT2D eigenvalue weighted by Crippen LogP contribution is -2.51. The van der Waals surface area contributed by atoms with Gasteiger partial charge in [0.05, 0.1) is 17.3 Å². The summed E-state index contributed by atoms with van der Waals surface area (Å²) in [5.41, 5.74) is 7.64. The summed E-state index contributed by atoms with van der Waals surface area (Å²) in [6.45, 7) is 5.51. The number of benzene rings is 1. The maximum Gasteiger partial charge on any atom is 0.252 e. The van der Waals surface area contributed by atoms with Crippen molar-refractivity contribution >= 4 is 23.5 Å². The third kappa shape index (κ3) is 3.39. The summed E-state index contributed by atoms with van der Waals surface area (Å²) in [4.78, 5) is 34.9. The molecule has 29 heavy (non-hydrogen) atoms. The van der Waals surface area contributed by atoms with Crippen LogP contribution in [0.2, 0.25) is 0 Å². The van der Waals surface area contributed by atoms with Gasteiger partial charge in [0, 0.05) is 36.8 Å². The first-order chi connectivity index (χ1) is 13.8. The first-order valence-corrected chi connectivity index (χ1v) is 9.80. The number of fused-ring (bicyclic) bond motifs is 1. The second-order valence-electron chi connectivity index (χ2n) is 8.01. The summed E-state index contributed by atoms with van der Waals surface area (Å²) in [6.07, 6.45) is 3.81. The molecular formula is C21H25N5O3. The first-order valence-electron chi connectivity index (χ1n) is 9.80. The molecule has 2 aromatic rings. The van der Waals surface area contributed by atoms with Gasteiger partial charge in [-0.15, -0.1) is 0 Å². The standard InChI is InChI=1S/C21H25N5O3/c1-10-6-7-23-21(24-10)25-18-11(2)19(13-4-5-13)26(12(3)27)16-9-17(28)15(20(22)29)8-14(16)18/h6-9,11,13,18-19,28H,4-5H2,1-3H3,(H2,22,29)(H,23,24,25)/t11-,18?,19?/m1/s1. The zero-order chi connectivity index (χ0) is 20.9. The van der Waals surface area contributed by atoms with E-state index in [0.717, 1.165) is 24.1 Å². The van der Waals surface area contributed by atoms with Gasteiger partial charge in [-0.1, -0.05) is 6.92 Å². The van der Waals surface area contributed by atoms with Crippen molar-refractivity contribution in [3.8, 4) is 5.75 Å². The maximum atomic E-state index is 12.6. The van der Waals surface area contributed by atoms with Crippen molar-refractivity contribution in [2.24, 2.45) is 17.6 Å². The summed E-state index contributed by atoms with van der Waals surface area (Å²) in [7, 11) is 0. The molecule has 8 nitrogen and oxygen atoms in total. The Kier molecular flexibility index (Phi) is 4.64. The van der Waals surface area contributed by atoms with Crippen molar-refractivity contribution in [3.63, 3.8) is 0 Å². The number of phenols is 1. The molecule has 2 aliphatic rings. The maximum absolute atomic E-state index is 12.6. The minimum Gasteiger partial charge on any atom is -0.507 e. The minimum absolute atomic E-state index is 0.0128. The van der Waals surface area contributed by atoms with E-state index in [-0.39, 0.29) is 35.2 Å². The number of primary amides is 1. The largest absolute Gasteiger partial charge is 0.507 e. The van der Waals surface area contributed by atoms with Crippen molar-refractivity contribution in [1.29, 1.82) is 0 Å². The van der Waals surface area contributed by atoms with E-state index in [1.807, 2.05) is 13.0 Å². The number of nitrogens with two attached hydrogens (primary N) is 1. The van der Waals surface area contributed by atoms with E-state index in [4.69, 9.17) is 5.73 Å². The third-order valence-corrected chi connectivity index (χ3v) is 5.89. The SMILES string of the molecule is CC(=O)N1c2cc(O)c(C(N)=O)cc2C(Nc2nccc(C)n2)[C@@H](C)C1C1CC1. The van der Waals surface area contributed by atoms with Crippen molar-refractivity contribution in [2.75, 3.05) is 10.2 Å². The summed E-state index contributed by atoms with van der Waals surface area (Å²) in [6, 6.07) is 4.62. The highest BCUT2D eigenvalue weighted by Crippen LogP contribution is 2.51. The number of hydrogen-bond donors (Lipinski definition) is 3. The number of aromatic hydroxyl groups is 1. The van der Waals surface area contributed by atoms with Crippen LogP contribution in [0.5, 0.6) is 5.75 Å². The van der Waals surface area contributed by atoms with Gasteiger partial charge in [0.25, 0.3) is 5.91 Å². The Morgan fingerprint density at radius 1 is 1.31 bits per heavy atom. The van der Waals surface area contributed by atoms with Crippen LogP contribution in [0.1, 0.15) is 54.3 Å². The second kappa shape index (κ2) is 7.02. The Morgan fingerprint density at radius 2 is 2.03 bits per heavy atom. The molecule has 1 aromatic carbocycles. The van der Waals surface area contributed by atoms with Crippen LogP contribution in [-0.2, 0) is 4.79 Å². The van der Waals surface area contributed by atoms with Crippen LogP contribution >= 0.6 is 0 Å². The highest BCUT2D eigenvalue weighted by atomic mass is 16.3. The fourth-order valence-electron chi connectivity index (χ4n) is 4.45. The molecule has 0 spiro atoms. The monoisotopic (exact) mass is 395 g/mol. The van der Waals surface area contributed by atoms with E-state index in [2.05, 4.69) is 22.2 Å². The quantitative estimate of drug-likeness (QED) is 0.731. The number of nitrogens with one attached hydrogen (secondary N) is 1. The van der Waals surface area contributed by atoms with Crippen LogP contribution in [0, 0.1) is 18.8 Å². The van der Waals surface area contributed by atoms with Gasteiger partial charge in [0.1, 0.15) is 5.75 Å². The predicted octanol–water partition coefficient (Wildman–Crippen LogP) is 2.52. The smallest absolute Gasteiger partial charge is 0.252 e. The van der Waals surface area contributed by atoms with E-state index in [9.17, 15) is 14.7 Å². The molecular weight excluding hydrogens is 370 g/mol. The normalized spacial score (nSPS) is 23.4. The molecule has 0 bridgehead atoms. The Bertz CT molecular complexity index is 988. The minimum atomic E-state index is -0.720. The van der Waals surface area contributed by atoms with Crippen molar-refractivity contribution < 1.29 is 14.7 Å². The predicted molar refractivity (Wildman–Crippen MR) is 109 cm³/mol. The van der Waals surface area contributed by atoms with Gasteiger partial charge in [-0.25, -0.2) is 9.97 Å². The van der Waals surface area contributed by atoms with E-state index in [1.54, 1.807) is 17.2 Å². The summed E-state index contributed by atoms with van der Waals surface area (Å²) in [5.74, 6) is -0.117. The molecule has 2 amide bonds. The van der Waals surface area contributed by atoms with E-state index in [0.29, 0.717) is 17.6 Å². The Hall–Kier alpha value is -3.16. The molecule has 4 rings (SSSR count). The van der Waals surface area contributed by atoms with Gasteiger partial charge < -0.3 is 21.1 Å². The molecule has 1 aromatic heterocycles. The van der Waals surface area contributed by atoms with E-state index < -0.39 is 5.91 Å². The highest BCUT2D eigenvalue weighted by molar-refractivity contribution is 5.99. The molecule has 0 radical (unpaired) electrons. The molecule has 0 saturated heterocycles. The molecule has 4 N–H and O–H groups in total. The topological polar surface area (TPSA) is 121 Å². The summed E-state index contributed by atoms with van der Waals surface area (Å²) >= 11 is 0. The molecule has 152 valence electrons. The van der Waals surface area contributed by atoms with Gasteiger partial charge in [-0.3, -0.25) is 9.59 Å². The average molecular weight is 395 g/mol. The van der Waals surface area contributed by atoms with Crippen molar-refractivity contribution in [2.45, 2.75) is 45.7 Å². The van der Waals surface area contributed by atoms with Crippen LogP contribution in [0.4, 0.5) is 11.6 Å². The van der Waals surface area contributed by atoms with Gasteiger partial charge >= 0.3 is 0 Å².